The lowest BCUT2D eigenvalue weighted by Crippen LogP contribution is -2.36. The quantitative estimate of drug-likeness (QED) is 0.447. The molecule has 0 unspecified atom stereocenters. The number of amides is 1. The van der Waals surface area contributed by atoms with Crippen LogP contribution in [0.2, 0.25) is 0 Å². The average Bonchev–Trinajstić information content (AvgIpc) is 2.59. The van der Waals surface area contributed by atoms with E-state index >= 15 is 0 Å². The largest absolute Gasteiger partial charge is 0.359 e. The highest BCUT2D eigenvalue weighted by Crippen LogP contribution is 2.14. The van der Waals surface area contributed by atoms with E-state index in [4.69, 9.17) is 5.73 Å². The van der Waals surface area contributed by atoms with Crippen molar-refractivity contribution < 1.29 is 14.3 Å². The number of anilines is 1. The van der Waals surface area contributed by atoms with Crippen LogP contribution in [0.1, 0.15) is 49.0 Å². The highest BCUT2D eigenvalue weighted by Gasteiger charge is 2.24. The number of hydrogen-bond acceptors (Lipinski definition) is 6. The van der Waals surface area contributed by atoms with Crippen molar-refractivity contribution in [2.75, 3.05) is 5.73 Å². The predicted molar refractivity (Wildman–Crippen MR) is 62.5 cm³/mol. The minimum Gasteiger partial charge on any atom is -0.359 e. The molecule has 1 heterocycles. The van der Waals surface area contributed by atoms with Gasteiger partial charge in [0, 0.05) is 5.71 Å². The second-order valence-corrected chi connectivity index (χ2v) is 4.20. The molecule has 0 saturated heterocycles. The molecule has 8 nitrogen and oxygen atoms in total. The molecular weight excluding hydrogens is 238 g/mol. The molecule has 0 atom stereocenters. The molecule has 0 aliphatic heterocycles. The summed E-state index contributed by atoms with van der Waals surface area (Å²) in [5, 5.41) is 18.3. The van der Waals surface area contributed by atoms with Crippen LogP contribution in [0.15, 0.2) is 9.73 Å². The van der Waals surface area contributed by atoms with Crippen LogP contribution in [-0.2, 0) is 0 Å². The van der Waals surface area contributed by atoms with Crippen molar-refractivity contribution in [1.82, 2.24) is 10.6 Å². The van der Waals surface area contributed by atoms with Crippen molar-refractivity contribution in [3.05, 3.63) is 10.9 Å². The Morgan fingerprint density at radius 2 is 2.06 bits per heavy atom. The molecule has 3 N–H and O–H groups in total. The van der Waals surface area contributed by atoms with E-state index in [0.29, 0.717) is 0 Å². The van der Waals surface area contributed by atoms with Gasteiger partial charge in [0.2, 0.25) is 0 Å². The van der Waals surface area contributed by atoms with Crippen molar-refractivity contribution >= 4 is 17.4 Å². The van der Waals surface area contributed by atoms with Gasteiger partial charge in [-0.05, 0) is 30.6 Å². The maximum atomic E-state index is 11.7. The number of hydrazone groups is 1. The van der Waals surface area contributed by atoms with Gasteiger partial charge in [0.05, 0.1) is 5.16 Å². The summed E-state index contributed by atoms with van der Waals surface area (Å²) in [7, 11) is 0. The first-order valence-electron chi connectivity index (χ1n) is 5.89. The van der Waals surface area contributed by atoms with Crippen molar-refractivity contribution in [2.45, 2.75) is 38.5 Å². The van der Waals surface area contributed by atoms with Crippen LogP contribution in [0.4, 0.5) is 5.82 Å². The normalized spacial score (nSPS) is 16.1. The molecule has 98 valence electrons. The van der Waals surface area contributed by atoms with Crippen LogP contribution in [0.25, 0.3) is 0 Å². The van der Waals surface area contributed by atoms with Gasteiger partial charge in [0.1, 0.15) is 0 Å². The summed E-state index contributed by atoms with van der Waals surface area (Å²) in [4.78, 5) is 11.6. The molecule has 1 saturated carbocycles. The third-order valence-corrected chi connectivity index (χ3v) is 2.85. The number of nitrogen functional groups attached to an aromatic ring is 1. The molecule has 8 heteroatoms. The van der Waals surface area contributed by atoms with Crippen LogP contribution in [-0.4, -0.2) is 16.8 Å². The number of nitrogens with two attached hydrogens (primary N) is 1. The molecule has 1 aromatic rings. The molecule has 1 aliphatic carbocycles. The second-order valence-electron chi connectivity index (χ2n) is 4.20. The second kappa shape index (κ2) is 5.48. The topological polar surface area (TPSA) is 120 Å². The Morgan fingerprint density at radius 1 is 1.39 bits per heavy atom. The van der Waals surface area contributed by atoms with E-state index in [9.17, 15) is 10.0 Å². The molecule has 1 aromatic heterocycles. The molecule has 18 heavy (non-hydrogen) atoms. The van der Waals surface area contributed by atoms with Gasteiger partial charge in [0.15, 0.2) is 0 Å². The fourth-order valence-electron chi connectivity index (χ4n) is 1.89. The monoisotopic (exact) mass is 253 g/mol. The molecule has 0 radical (unpaired) electrons. The summed E-state index contributed by atoms with van der Waals surface area (Å²) < 4.78 is 4.21. The van der Waals surface area contributed by atoms with E-state index in [1.807, 2.05) is 0 Å². The van der Waals surface area contributed by atoms with E-state index in [0.717, 1.165) is 31.4 Å². The number of carbonyl (C=O) groups is 1. The summed E-state index contributed by atoms with van der Waals surface area (Å²) in [6.07, 6.45) is 6.27. The van der Waals surface area contributed by atoms with E-state index in [1.54, 1.807) is 0 Å². The number of rotatable bonds is 2. The minimum atomic E-state index is -0.708. The van der Waals surface area contributed by atoms with Crippen molar-refractivity contribution in [1.29, 1.82) is 0 Å². The van der Waals surface area contributed by atoms with E-state index < -0.39 is 5.91 Å². The SMILES string of the molecule is Nc1no[n+]([O-])c1C(=O)NN=C1CCCCCC1. The number of aromatic nitrogens is 2. The van der Waals surface area contributed by atoms with Crippen molar-refractivity contribution in [3.63, 3.8) is 0 Å². The van der Waals surface area contributed by atoms with Gasteiger partial charge in [0.25, 0.3) is 0 Å². The Bertz CT molecular complexity index is 439. The molecule has 1 amide bonds. The smallest absolute Gasteiger partial charge is 0.322 e. The van der Waals surface area contributed by atoms with Crippen LogP contribution >= 0.6 is 0 Å². The van der Waals surface area contributed by atoms with Gasteiger partial charge < -0.3 is 10.9 Å². The Balaban J connectivity index is 2.01. The van der Waals surface area contributed by atoms with Crippen LogP contribution in [0, 0.1) is 5.21 Å². The Hall–Kier alpha value is -2.12. The Kier molecular flexibility index (Phi) is 3.75. The number of nitrogens with zero attached hydrogens (tertiary/aromatic N) is 3. The molecule has 1 fully saturated rings. The molecule has 0 spiro atoms. The lowest BCUT2D eigenvalue weighted by atomic mass is 10.2. The van der Waals surface area contributed by atoms with Crippen LogP contribution in [0.3, 0.4) is 0 Å². The zero-order valence-corrected chi connectivity index (χ0v) is 9.89. The van der Waals surface area contributed by atoms with Crippen LogP contribution < -0.4 is 16.1 Å². The minimum absolute atomic E-state index is 0.0298. The fraction of sp³-hybridized carbons (Fsp3) is 0.600. The lowest BCUT2D eigenvalue weighted by Gasteiger charge is -2.01. The van der Waals surface area contributed by atoms with Crippen LogP contribution in [0.5, 0.6) is 0 Å². The molecule has 0 aromatic carbocycles. The number of nitrogens with one attached hydrogen (secondary N) is 1. The molecular formula is C10H15N5O3. The summed E-state index contributed by atoms with van der Waals surface area (Å²) >= 11 is 0. The highest BCUT2D eigenvalue weighted by molar-refractivity contribution is 5.95. The predicted octanol–water partition coefficient (Wildman–Crippen LogP) is 0.330. The van der Waals surface area contributed by atoms with Crippen molar-refractivity contribution in [2.24, 2.45) is 5.10 Å². The standard InChI is InChI=1S/C10H15N5O3/c11-9-8(15(17)18-14-9)10(16)13-12-7-5-3-1-2-4-6-7/h1-6H2,(H2,11,14)(H,13,16). The fourth-order valence-corrected chi connectivity index (χ4v) is 1.89. The third-order valence-electron chi connectivity index (χ3n) is 2.85. The van der Waals surface area contributed by atoms with E-state index in [1.165, 1.54) is 12.8 Å². The van der Waals surface area contributed by atoms with Gasteiger partial charge in [-0.1, -0.05) is 12.8 Å². The molecule has 0 bridgehead atoms. The summed E-state index contributed by atoms with van der Waals surface area (Å²) in [6.45, 7) is 0. The van der Waals surface area contributed by atoms with Gasteiger partial charge in [-0.15, -0.1) is 0 Å². The first-order valence-corrected chi connectivity index (χ1v) is 5.89. The Labute approximate surface area is 103 Å². The lowest BCUT2D eigenvalue weighted by molar-refractivity contribution is -0.803. The maximum Gasteiger partial charge on any atom is 0.322 e. The molecule has 1 aliphatic rings. The number of hydrogen-bond donors (Lipinski definition) is 2. The zero-order chi connectivity index (χ0) is 13.0. The molecule has 2 rings (SSSR count). The van der Waals surface area contributed by atoms with Gasteiger partial charge in [-0.25, -0.2) is 5.43 Å². The van der Waals surface area contributed by atoms with Gasteiger partial charge >= 0.3 is 17.4 Å². The highest BCUT2D eigenvalue weighted by atomic mass is 16.8. The summed E-state index contributed by atoms with van der Waals surface area (Å²) in [5.41, 5.74) is 8.22. The Morgan fingerprint density at radius 3 is 2.61 bits per heavy atom. The van der Waals surface area contributed by atoms with E-state index in [2.05, 4.69) is 20.3 Å². The van der Waals surface area contributed by atoms with Gasteiger partial charge in [-0.3, -0.25) is 9.42 Å². The van der Waals surface area contributed by atoms with Crippen molar-refractivity contribution in [3.8, 4) is 0 Å². The van der Waals surface area contributed by atoms with Gasteiger partial charge in [-0.2, -0.15) is 5.10 Å². The maximum absolute atomic E-state index is 11.7. The zero-order valence-electron chi connectivity index (χ0n) is 9.89. The third kappa shape index (κ3) is 2.76. The number of carbonyl (C=O) groups excluding carboxylic acids is 1. The summed E-state index contributed by atoms with van der Waals surface area (Å²) in [6, 6.07) is 0. The average molecular weight is 253 g/mol. The first kappa shape index (κ1) is 12.3. The van der Waals surface area contributed by atoms with E-state index in [-0.39, 0.29) is 16.4 Å². The summed E-state index contributed by atoms with van der Waals surface area (Å²) in [5.74, 6) is -0.955. The first-order chi connectivity index (χ1) is 8.68.